The van der Waals surface area contributed by atoms with Gasteiger partial charge in [-0.3, -0.25) is 12.8 Å². The van der Waals surface area contributed by atoms with Crippen LogP contribution in [0.25, 0.3) is 0 Å². The summed E-state index contributed by atoms with van der Waals surface area (Å²) in [5, 5.41) is 0. The summed E-state index contributed by atoms with van der Waals surface area (Å²) in [5.74, 6) is 0. The molecule has 4 saturated heterocycles. The number of ether oxygens (including phenoxy) is 2. The minimum Gasteiger partial charge on any atom is -0.384 e. The molecule has 0 bridgehead atoms. The predicted molar refractivity (Wildman–Crippen MR) is 282 cm³/mol. The molecule has 10 nitrogen and oxygen atoms in total. The second-order valence-corrected chi connectivity index (χ2v) is 13.6. The molecule has 2 N–H and O–H groups in total. The van der Waals surface area contributed by atoms with Gasteiger partial charge in [0.2, 0.25) is 20.0 Å². The largest absolute Gasteiger partial charge is 0.384 e. The number of rotatable bonds is 7. The Morgan fingerprint density at radius 2 is 0.742 bits per heavy atom. The van der Waals surface area contributed by atoms with Crippen LogP contribution in [0.15, 0.2) is 35.2 Å². The van der Waals surface area contributed by atoms with Crippen LogP contribution in [-0.4, -0.2) is 110 Å². The Morgan fingerprint density at radius 1 is 0.485 bits per heavy atom. The Morgan fingerprint density at radius 3 is 1.00 bits per heavy atom. The van der Waals surface area contributed by atoms with E-state index in [-0.39, 0.29) is 173 Å². The first-order valence-corrected chi connectivity index (χ1v) is 28.5. The fourth-order valence-corrected chi connectivity index (χ4v) is 7.17. The Kier molecular flexibility index (Phi) is 142. The van der Waals surface area contributed by atoms with Gasteiger partial charge in [-0.15, -0.1) is 0 Å². The van der Waals surface area contributed by atoms with Crippen LogP contribution in [0, 0.1) is 75.1 Å². The average molecular weight is 1630 g/mol. The van der Waals surface area contributed by atoms with Gasteiger partial charge in [-0.25, -0.2) is 26.3 Å². The Hall–Kier alpha value is 3.78. The van der Waals surface area contributed by atoms with Crippen LogP contribution in [0.1, 0.15) is 195 Å². The van der Waals surface area contributed by atoms with Crippen LogP contribution in [0.3, 0.4) is 0 Å². The first kappa shape index (κ1) is 106. The van der Waals surface area contributed by atoms with Gasteiger partial charge in [0.1, 0.15) is 0 Å². The quantitative estimate of drug-likeness (QED) is 0.259. The van der Waals surface area contributed by atoms with Crippen molar-refractivity contribution in [1.29, 1.82) is 0 Å². The molecule has 0 spiro atoms. The molecule has 5 rings (SSSR count). The third kappa shape index (κ3) is 62.1. The van der Waals surface area contributed by atoms with Crippen molar-refractivity contribution in [1.82, 2.24) is 19.2 Å². The van der Waals surface area contributed by atoms with Gasteiger partial charge in [0.05, 0.1) is 11.2 Å². The zero-order valence-corrected chi connectivity index (χ0v) is 65.1. The van der Waals surface area contributed by atoms with Crippen molar-refractivity contribution < 1.29 is 175 Å². The fourth-order valence-electron chi connectivity index (χ4n) is 5.28. The van der Waals surface area contributed by atoms with Crippen molar-refractivity contribution in [3.63, 3.8) is 0 Å². The SMILES string of the molecule is CC.CC.CC.CC.CC.CC.CC.CC.CC.CC.CC.CC.CS(=O)(=O)NC1[CH-]C(N2CCCC2)COC1.O=S(=O)(NC1[CH-]C(N2CCCC2)COC1)c1ccccc1.[3HH].[3HH].[U].[U].[V].[Y].[Y]. The van der Waals surface area contributed by atoms with Crippen LogP contribution in [-0.2, 0) is 113 Å². The van der Waals surface area contributed by atoms with Gasteiger partial charge in [0, 0.05) is 175 Å². The van der Waals surface area contributed by atoms with E-state index in [0.717, 1.165) is 26.2 Å². The molecule has 4 unspecified atom stereocenters. The summed E-state index contributed by atoms with van der Waals surface area (Å²) >= 11 is 0. The minimum absolute atomic E-state index is 0. The normalized spacial score (nSPS) is 18.0. The zero-order chi connectivity index (χ0) is 50.3. The molecule has 66 heavy (non-hydrogen) atoms. The molecule has 0 aromatic heterocycles. The summed E-state index contributed by atoms with van der Waals surface area (Å²) in [6, 6.07) is 8.47. The molecule has 0 amide bonds. The van der Waals surface area contributed by atoms with Crippen molar-refractivity contribution in [2.75, 3.05) is 58.9 Å². The second-order valence-electron chi connectivity index (χ2n) is 10.1. The molecular formula is C49H116N4O6S2U2VY2-2. The van der Waals surface area contributed by atoms with E-state index in [2.05, 4.69) is 32.1 Å². The van der Waals surface area contributed by atoms with Crippen LogP contribution in [0.5, 0.6) is 0 Å². The van der Waals surface area contributed by atoms with Crippen molar-refractivity contribution in [3.05, 3.63) is 43.2 Å². The molecule has 0 aliphatic carbocycles. The van der Waals surface area contributed by atoms with E-state index < -0.39 is 20.0 Å². The molecule has 401 valence electrons. The Bertz CT molecular complexity index is 1100. The molecule has 4 atom stereocenters. The summed E-state index contributed by atoms with van der Waals surface area (Å²) in [5.41, 5.74) is 0. The third-order valence-corrected chi connectivity index (χ3v) is 9.26. The molecule has 0 saturated carbocycles. The van der Waals surface area contributed by atoms with Gasteiger partial charge >= 0.3 is 0 Å². The van der Waals surface area contributed by atoms with E-state index in [1.54, 1.807) is 30.3 Å². The zero-order valence-electron chi connectivity index (χ0n) is 48.1. The van der Waals surface area contributed by atoms with Crippen LogP contribution < -0.4 is 9.44 Å². The third-order valence-electron chi connectivity index (χ3n) is 7.03. The number of sulfonamides is 2. The molecule has 3 radical (unpaired) electrons. The fraction of sp³-hybridized carbons (Fsp3) is 0.837. The Balaban J connectivity index is -0.0000000371. The smallest absolute Gasteiger partial charge is 0.238 e. The molecule has 4 aliphatic heterocycles. The number of nitrogens with zero attached hydrogens (tertiary/aromatic N) is 2. The topological polar surface area (TPSA) is 117 Å². The molecule has 4 aliphatic rings. The standard InChI is InChI=1S/C15H21N2O3S.C10H19N2O3S.12C2H6.2U.V.2Y.2H2/c18-21(19,15-6-2-1-3-7-15)16-13-10-14(12-20-11-13)17-8-4-5-9-17;1-16(13,14)11-9-6-10(8-15-7-9)12-4-2-3-5-12;12*1-2;;;;;;;/h1-3,6-7,10,13-14,16H,4-5,8-9,11-12H2;6,9-11H,2-5,7-8H2,1H3;12*1-2H3;;;;;;2*1H/q2*-1;;;;;;;;;;;;;;;;;;;/i;;;;;;;;;;;;;;;;;;;2*1+2. The summed E-state index contributed by atoms with van der Waals surface area (Å²) in [6.45, 7) is 54.5. The first-order chi connectivity index (χ1) is 29.7. The number of hydrogen-bond acceptors (Lipinski definition) is 8. The van der Waals surface area contributed by atoms with E-state index in [1.807, 2.05) is 166 Å². The van der Waals surface area contributed by atoms with Gasteiger partial charge in [-0.1, -0.05) is 209 Å². The van der Waals surface area contributed by atoms with Crippen molar-refractivity contribution in [2.24, 2.45) is 0 Å². The predicted octanol–water partition coefficient (Wildman–Crippen LogP) is 13.4. The maximum absolute atomic E-state index is 12.3. The van der Waals surface area contributed by atoms with Gasteiger partial charge in [0.25, 0.3) is 0 Å². The minimum atomic E-state index is -3.49. The van der Waals surface area contributed by atoms with E-state index in [4.69, 9.17) is 9.47 Å². The Labute approximate surface area is 530 Å². The number of benzene rings is 1. The maximum atomic E-state index is 12.3. The van der Waals surface area contributed by atoms with E-state index in [9.17, 15) is 16.8 Å². The van der Waals surface area contributed by atoms with Crippen molar-refractivity contribution in [2.45, 2.75) is 221 Å². The summed E-state index contributed by atoms with van der Waals surface area (Å²) in [4.78, 5) is 5.01. The van der Waals surface area contributed by atoms with E-state index >= 15 is 0 Å². The number of likely N-dealkylation sites (tertiary alicyclic amines) is 2. The summed E-state index contributed by atoms with van der Waals surface area (Å²) in [6.07, 6.45) is 10.2. The van der Waals surface area contributed by atoms with Crippen molar-refractivity contribution >= 4 is 20.0 Å². The molecular weight excluding hydrogens is 1510 g/mol. The van der Waals surface area contributed by atoms with E-state index in [0.29, 0.717) is 31.3 Å². The van der Waals surface area contributed by atoms with Crippen LogP contribution >= 0.6 is 0 Å². The second kappa shape index (κ2) is 88.4. The van der Waals surface area contributed by atoms with Crippen LogP contribution in [0.2, 0.25) is 0 Å². The molecule has 17 heteroatoms. The molecule has 1 aromatic carbocycles. The number of hydrogen-bond donors (Lipinski definition) is 2. The van der Waals surface area contributed by atoms with E-state index in [1.165, 1.54) is 31.9 Å². The van der Waals surface area contributed by atoms with Gasteiger partial charge < -0.3 is 19.3 Å². The monoisotopic (exact) mass is 1630 g/mol. The molecule has 4 heterocycles. The molecule has 1 aromatic rings. The van der Waals surface area contributed by atoms with Crippen LogP contribution in [0.4, 0.5) is 0 Å². The first-order valence-electron chi connectivity index (χ1n) is 25.1. The van der Waals surface area contributed by atoms with Crippen molar-refractivity contribution in [3.8, 4) is 0 Å². The maximum Gasteiger partial charge on any atom is 0.238 e. The summed E-state index contributed by atoms with van der Waals surface area (Å²) < 4.78 is 63.3. The summed E-state index contributed by atoms with van der Waals surface area (Å²) in [7, 11) is -6.64. The molecule has 4 fully saturated rings. The van der Waals surface area contributed by atoms with Gasteiger partial charge in [-0.2, -0.15) is 0 Å². The van der Waals surface area contributed by atoms with Gasteiger partial charge in [0.15, 0.2) is 0 Å². The van der Waals surface area contributed by atoms with Gasteiger partial charge in [-0.05, 0) is 64.0 Å². The average Bonchev–Trinajstić information content (AvgIpc) is 4.11. The number of nitrogens with one attached hydrogen (secondary N) is 2.